The number of benzene rings is 1. The predicted molar refractivity (Wildman–Crippen MR) is 95.9 cm³/mol. The van der Waals surface area contributed by atoms with Gasteiger partial charge in [-0.1, -0.05) is 23.7 Å². The van der Waals surface area contributed by atoms with E-state index in [0.717, 1.165) is 5.56 Å². The van der Waals surface area contributed by atoms with Crippen LogP contribution in [0.2, 0.25) is 5.02 Å². The third-order valence-electron chi connectivity index (χ3n) is 3.40. The Balaban J connectivity index is 1.58. The summed E-state index contributed by atoms with van der Waals surface area (Å²) in [5, 5.41) is 11.6. The molecule has 25 heavy (non-hydrogen) atoms. The summed E-state index contributed by atoms with van der Waals surface area (Å²) < 4.78 is 16.9. The number of hydrogen-bond donors (Lipinski definition) is 1. The fourth-order valence-corrected chi connectivity index (χ4v) is 2.78. The smallest absolute Gasteiger partial charge is 0.227 e. The van der Waals surface area contributed by atoms with Gasteiger partial charge in [-0.3, -0.25) is 14.2 Å². The van der Waals surface area contributed by atoms with Crippen molar-refractivity contribution in [3.05, 3.63) is 63.7 Å². The Bertz CT molecular complexity index is 877. The molecule has 0 aliphatic rings. The molecule has 1 N–H and O–H groups in total. The van der Waals surface area contributed by atoms with Gasteiger partial charge in [-0.2, -0.15) is 10.2 Å². The van der Waals surface area contributed by atoms with Crippen LogP contribution in [0.25, 0.3) is 0 Å². The van der Waals surface area contributed by atoms with Gasteiger partial charge in [0, 0.05) is 25.4 Å². The van der Waals surface area contributed by atoms with Crippen LogP contribution >= 0.6 is 27.5 Å². The second kappa shape index (κ2) is 7.79. The van der Waals surface area contributed by atoms with E-state index in [9.17, 15) is 9.18 Å². The van der Waals surface area contributed by atoms with Gasteiger partial charge in [0.25, 0.3) is 0 Å². The van der Waals surface area contributed by atoms with Crippen molar-refractivity contribution < 1.29 is 9.18 Å². The van der Waals surface area contributed by atoms with Crippen LogP contribution in [0, 0.1) is 5.82 Å². The summed E-state index contributed by atoms with van der Waals surface area (Å²) in [7, 11) is 0. The minimum Gasteiger partial charge on any atom is -0.308 e. The quantitative estimate of drug-likeness (QED) is 0.653. The summed E-state index contributed by atoms with van der Waals surface area (Å²) in [6, 6.07) is 6.19. The molecule has 3 rings (SSSR count). The summed E-state index contributed by atoms with van der Waals surface area (Å²) in [5.41, 5.74) is 0.907. The largest absolute Gasteiger partial charge is 0.308 e. The van der Waals surface area contributed by atoms with Crippen molar-refractivity contribution in [3.8, 4) is 0 Å². The topological polar surface area (TPSA) is 64.7 Å². The van der Waals surface area contributed by atoms with E-state index in [-0.39, 0.29) is 18.1 Å². The number of aryl methyl sites for hydroxylation is 1. The van der Waals surface area contributed by atoms with Crippen molar-refractivity contribution in [3.63, 3.8) is 0 Å². The molecule has 3 aromatic rings. The summed E-state index contributed by atoms with van der Waals surface area (Å²) in [6.45, 7) is 0.896. The number of nitrogens with zero attached hydrogens (tertiary/aromatic N) is 4. The van der Waals surface area contributed by atoms with E-state index in [1.54, 1.807) is 33.9 Å². The highest BCUT2D eigenvalue weighted by Crippen LogP contribution is 2.21. The van der Waals surface area contributed by atoms with Gasteiger partial charge in [-0.25, -0.2) is 4.39 Å². The Morgan fingerprint density at radius 3 is 2.68 bits per heavy atom. The lowest BCUT2D eigenvalue weighted by Crippen LogP contribution is -2.15. The molecule has 6 nitrogen and oxygen atoms in total. The number of anilines is 1. The molecule has 0 fully saturated rings. The molecule has 0 saturated carbocycles. The Labute approximate surface area is 156 Å². The van der Waals surface area contributed by atoms with Crippen LogP contribution in [-0.4, -0.2) is 25.5 Å². The van der Waals surface area contributed by atoms with Crippen LogP contribution in [0.1, 0.15) is 12.0 Å². The lowest BCUT2D eigenvalue weighted by Gasteiger charge is -2.04. The van der Waals surface area contributed by atoms with Gasteiger partial charge in [0.2, 0.25) is 5.91 Å². The molecule has 2 aromatic heterocycles. The average molecular weight is 427 g/mol. The molecule has 0 aliphatic heterocycles. The lowest BCUT2D eigenvalue weighted by atomic mass is 10.2. The average Bonchev–Trinajstić information content (AvgIpc) is 3.14. The highest BCUT2D eigenvalue weighted by atomic mass is 79.9. The first-order valence-corrected chi connectivity index (χ1v) is 8.62. The zero-order chi connectivity index (χ0) is 17.8. The van der Waals surface area contributed by atoms with Crippen molar-refractivity contribution in [2.24, 2.45) is 0 Å². The number of hydrogen-bond acceptors (Lipinski definition) is 3. The van der Waals surface area contributed by atoms with E-state index in [1.807, 2.05) is 0 Å². The van der Waals surface area contributed by atoms with E-state index in [1.165, 1.54) is 18.3 Å². The van der Waals surface area contributed by atoms with Crippen LogP contribution in [0.4, 0.5) is 10.2 Å². The van der Waals surface area contributed by atoms with Gasteiger partial charge in [-0.05, 0) is 33.6 Å². The Morgan fingerprint density at radius 1 is 1.24 bits per heavy atom. The molecule has 0 atom stereocenters. The van der Waals surface area contributed by atoms with Crippen LogP contribution < -0.4 is 5.32 Å². The van der Waals surface area contributed by atoms with Crippen molar-refractivity contribution in [1.82, 2.24) is 19.6 Å². The number of aromatic nitrogens is 4. The summed E-state index contributed by atoms with van der Waals surface area (Å²) in [6.07, 6.45) is 5.18. The fraction of sp³-hybridized carbons (Fsp3) is 0.188. The molecule has 130 valence electrons. The van der Waals surface area contributed by atoms with E-state index in [0.29, 0.717) is 28.4 Å². The molecule has 1 amide bonds. The SMILES string of the molecule is O=C(CCn1cc(Cl)cn1)Nc1nn(Cc2ccc(F)cc2)cc1Br. The number of carbonyl (C=O) groups excluding carboxylic acids is 1. The first kappa shape index (κ1) is 17.6. The van der Waals surface area contributed by atoms with Gasteiger partial charge in [-0.15, -0.1) is 0 Å². The molecule has 0 unspecified atom stereocenters. The third-order valence-corrected chi connectivity index (χ3v) is 4.18. The van der Waals surface area contributed by atoms with Gasteiger partial charge in [0.1, 0.15) is 5.82 Å². The summed E-state index contributed by atoms with van der Waals surface area (Å²) in [4.78, 5) is 12.1. The Hall–Kier alpha value is -2.19. The third kappa shape index (κ3) is 4.90. The van der Waals surface area contributed by atoms with Crippen LogP contribution in [-0.2, 0) is 17.9 Å². The first-order valence-electron chi connectivity index (χ1n) is 7.45. The number of carbonyl (C=O) groups is 1. The number of amides is 1. The van der Waals surface area contributed by atoms with Gasteiger partial charge in [0.15, 0.2) is 5.82 Å². The molecule has 0 radical (unpaired) electrons. The number of halogens is 3. The predicted octanol–water partition coefficient (Wildman–Crippen LogP) is 3.71. The normalized spacial score (nSPS) is 10.8. The monoisotopic (exact) mass is 425 g/mol. The van der Waals surface area contributed by atoms with E-state index in [4.69, 9.17) is 11.6 Å². The molecule has 0 aliphatic carbocycles. The van der Waals surface area contributed by atoms with Crippen LogP contribution in [0.3, 0.4) is 0 Å². The highest BCUT2D eigenvalue weighted by molar-refractivity contribution is 9.10. The van der Waals surface area contributed by atoms with Crippen LogP contribution in [0.5, 0.6) is 0 Å². The van der Waals surface area contributed by atoms with Crippen molar-refractivity contribution in [2.75, 3.05) is 5.32 Å². The van der Waals surface area contributed by atoms with Crippen LogP contribution in [0.15, 0.2) is 47.3 Å². The molecule has 0 saturated heterocycles. The molecule has 0 spiro atoms. The lowest BCUT2D eigenvalue weighted by molar-refractivity contribution is -0.116. The van der Waals surface area contributed by atoms with Crippen molar-refractivity contribution >= 4 is 39.3 Å². The number of rotatable bonds is 6. The maximum atomic E-state index is 12.9. The van der Waals surface area contributed by atoms with Gasteiger partial charge < -0.3 is 5.32 Å². The minimum absolute atomic E-state index is 0.181. The molecule has 2 heterocycles. The standard InChI is InChI=1S/C16H14BrClFN5O/c17-14-10-24(8-11-1-3-13(19)4-2-11)22-16(14)21-15(25)5-6-23-9-12(18)7-20-23/h1-4,7,9-10H,5-6,8H2,(H,21,22,25). The summed E-state index contributed by atoms with van der Waals surface area (Å²) in [5.74, 6) is -0.0261. The van der Waals surface area contributed by atoms with E-state index >= 15 is 0 Å². The zero-order valence-corrected chi connectivity index (χ0v) is 15.3. The maximum Gasteiger partial charge on any atom is 0.227 e. The molecule has 0 bridgehead atoms. The minimum atomic E-state index is -0.281. The van der Waals surface area contributed by atoms with Gasteiger partial charge in [0.05, 0.1) is 22.2 Å². The second-order valence-corrected chi connectivity index (χ2v) is 6.66. The Kier molecular flexibility index (Phi) is 5.50. The van der Waals surface area contributed by atoms with Crippen molar-refractivity contribution in [2.45, 2.75) is 19.5 Å². The van der Waals surface area contributed by atoms with Gasteiger partial charge >= 0.3 is 0 Å². The zero-order valence-electron chi connectivity index (χ0n) is 13.0. The molecular weight excluding hydrogens is 413 g/mol. The Morgan fingerprint density at radius 2 is 2.00 bits per heavy atom. The molecule has 9 heteroatoms. The van der Waals surface area contributed by atoms with Crippen molar-refractivity contribution in [1.29, 1.82) is 0 Å². The fourth-order valence-electron chi connectivity index (χ4n) is 2.21. The first-order chi connectivity index (χ1) is 12.0. The van der Waals surface area contributed by atoms with E-state index < -0.39 is 0 Å². The molecule has 1 aromatic carbocycles. The number of nitrogens with one attached hydrogen (secondary N) is 1. The summed E-state index contributed by atoms with van der Waals surface area (Å²) >= 11 is 9.16. The highest BCUT2D eigenvalue weighted by Gasteiger charge is 2.11. The second-order valence-electron chi connectivity index (χ2n) is 5.37. The maximum absolute atomic E-state index is 12.9. The van der Waals surface area contributed by atoms with E-state index in [2.05, 4.69) is 31.4 Å². The molecular formula is C16H14BrClFN5O.